The summed E-state index contributed by atoms with van der Waals surface area (Å²) in [7, 11) is -3.23. The van der Waals surface area contributed by atoms with E-state index in [9.17, 15) is 13.2 Å². The molecule has 0 radical (unpaired) electrons. The molecule has 1 amide bonds. The Morgan fingerprint density at radius 1 is 1.11 bits per heavy atom. The van der Waals surface area contributed by atoms with E-state index >= 15 is 0 Å². The molecular formula is C20H31N3O3S. The van der Waals surface area contributed by atoms with Crippen LogP contribution >= 0.6 is 0 Å². The molecule has 2 saturated heterocycles. The lowest BCUT2D eigenvalue weighted by molar-refractivity contribution is -0.126. The van der Waals surface area contributed by atoms with Crippen LogP contribution in [0.5, 0.6) is 0 Å². The second-order valence-corrected chi connectivity index (χ2v) is 9.82. The zero-order valence-corrected chi connectivity index (χ0v) is 17.0. The van der Waals surface area contributed by atoms with Gasteiger partial charge >= 0.3 is 0 Å². The zero-order chi connectivity index (χ0) is 19.3. The highest BCUT2D eigenvalue weighted by atomic mass is 32.2. The van der Waals surface area contributed by atoms with Gasteiger partial charge in [-0.05, 0) is 49.9 Å². The van der Waals surface area contributed by atoms with Gasteiger partial charge < -0.3 is 5.32 Å². The van der Waals surface area contributed by atoms with Crippen molar-refractivity contribution in [3.8, 4) is 0 Å². The van der Waals surface area contributed by atoms with Crippen molar-refractivity contribution in [2.24, 2.45) is 5.92 Å². The molecular weight excluding hydrogens is 362 g/mol. The molecule has 0 aromatic heterocycles. The summed E-state index contributed by atoms with van der Waals surface area (Å²) in [5.41, 5.74) is 2.37. The van der Waals surface area contributed by atoms with Gasteiger partial charge in [0, 0.05) is 26.2 Å². The van der Waals surface area contributed by atoms with Gasteiger partial charge in [-0.15, -0.1) is 0 Å². The fourth-order valence-corrected chi connectivity index (χ4v) is 4.92. The number of carbonyl (C=O) groups is 1. The maximum atomic E-state index is 12.5. The average molecular weight is 394 g/mol. The first-order chi connectivity index (χ1) is 12.9. The highest BCUT2D eigenvalue weighted by Gasteiger charge is 2.29. The number of hydrogen-bond acceptors (Lipinski definition) is 4. The molecule has 0 spiro atoms. The highest BCUT2D eigenvalue weighted by Crippen LogP contribution is 2.19. The minimum Gasteiger partial charge on any atom is -0.352 e. The monoisotopic (exact) mass is 393 g/mol. The molecule has 6 nitrogen and oxygen atoms in total. The molecule has 2 aliphatic heterocycles. The standard InChI is InChI=1S/C20H31N3O3S/c1-27(25,26)23-12-6-9-19(16-23)20(24)21-14-17-7-5-8-18(13-17)15-22-10-3-2-4-11-22/h5,7-8,13,19H,2-4,6,9-12,14-16H2,1H3,(H,21,24). The predicted molar refractivity (Wildman–Crippen MR) is 107 cm³/mol. The Hall–Kier alpha value is -1.44. The molecule has 1 unspecified atom stereocenters. The van der Waals surface area contributed by atoms with Crippen molar-refractivity contribution in [2.45, 2.75) is 45.2 Å². The van der Waals surface area contributed by atoms with Crippen LogP contribution in [0.1, 0.15) is 43.2 Å². The Morgan fingerprint density at radius 3 is 2.59 bits per heavy atom. The summed E-state index contributed by atoms with van der Waals surface area (Å²) in [5, 5.41) is 3.00. The first-order valence-electron chi connectivity index (χ1n) is 9.95. The van der Waals surface area contributed by atoms with E-state index in [-0.39, 0.29) is 11.8 Å². The van der Waals surface area contributed by atoms with Crippen LogP contribution in [0.4, 0.5) is 0 Å². The van der Waals surface area contributed by atoms with Gasteiger partial charge in [0.05, 0.1) is 12.2 Å². The fourth-order valence-electron chi connectivity index (χ4n) is 4.00. The SMILES string of the molecule is CS(=O)(=O)N1CCCC(C(=O)NCc2cccc(CN3CCCCC3)c2)C1. The number of likely N-dealkylation sites (tertiary alicyclic amines) is 1. The quantitative estimate of drug-likeness (QED) is 0.802. The number of hydrogen-bond donors (Lipinski definition) is 1. The molecule has 0 bridgehead atoms. The number of amides is 1. The molecule has 1 N–H and O–H groups in total. The topological polar surface area (TPSA) is 69.7 Å². The van der Waals surface area contributed by atoms with E-state index in [4.69, 9.17) is 0 Å². The lowest BCUT2D eigenvalue weighted by Crippen LogP contribution is -2.44. The summed E-state index contributed by atoms with van der Waals surface area (Å²) in [6.07, 6.45) is 6.58. The number of sulfonamides is 1. The van der Waals surface area contributed by atoms with Crippen LogP contribution < -0.4 is 5.32 Å². The second kappa shape index (κ2) is 9.17. The molecule has 1 aromatic rings. The molecule has 2 heterocycles. The zero-order valence-electron chi connectivity index (χ0n) is 16.2. The van der Waals surface area contributed by atoms with Crippen LogP contribution in [-0.4, -0.2) is 56.0 Å². The first kappa shape index (κ1) is 20.3. The summed E-state index contributed by atoms with van der Waals surface area (Å²) >= 11 is 0. The van der Waals surface area contributed by atoms with Crippen molar-refractivity contribution < 1.29 is 13.2 Å². The van der Waals surface area contributed by atoms with Gasteiger partial charge in [-0.1, -0.05) is 30.7 Å². The van der Waals surface area contributed by atoms with Crippen LogP contribution in [0.15, 0.2) is 24.3 Å². The van der Waals surface area contributed by atoms with E-state index < -0.39 is 10.0 Å². The smallest absolute Gasteiger partial charge is 0.224 e. The van der Waals surface area contributed by atoms with Gasteiger partial charge in [-0.3, -0.25) is 9.69 Å². The van der Waals surface area contributed by atoms with Gasteiger partial charge in [0.1, 0.15) is 0 Å². The van der Waals surface area contributed by atoms with Crippen LogP contribution in [0.2, 0.25) is 0 Å². The molecule has 27 heavy (non-hydrogen) atoms. The van der Waals surface area contributed by atoms with Crippen LogP contribution in [0.25, 0.3) is 0 Å². The number of rotatable bonds is 6. The number of piperidine rings is 2. The van der Waals surface area contributed by atoms with E-state index in [0.717, 1.165) is 24.9 Å². The highest BCUT2D eigenvalue weighted by molar-refractivity contribution is 7.88. The molecule has 3 rings (SSSR count). The normalized spacial score (nSPS) is 22.5. The third-order valence-electron chi connectivity index (χ3n) is 5.54. The summed E-state index contributed by atoms with van der Waals surface area (Å²) in [6.45, 7) is 4.59. The van der Waals surface area contributed by atoms with Gasteiger partial charge in [-0.25, -0.2) is 12.7 Å². The fraction of sp³-hybridized carbons (Fsp3) is 0.650. The summed E-state index contributed by atoms with van der Waals surface area (Å²) in [5.74, 6) is -0.310. The molecule has 1 aromatic carbocycles. The maximum Gasteiger partial charge on any atom is 0.224 e. The largest absolute Gasteiger partial charge is 0.352 e. The summed E-state index contributed by atoms with van der Waals surface area (Å²) in [6, 6.07) is 8.39. The van der Waals surface area contributed by atoms with E-state index in [1.165, 1.54) is 48.5 Å². The lowest BCUT2D eigenvalue weighted by Gasteiger charge is -2.30. The third-order valence-corrected chi connectivity index (χ3v) is 6.81. The predicted octanol–water partition coefficient (Wildman–Crippen LogP) is 1.96. The molecule has 2 aliphatic rings. The number of nitrogens with one attached hydrogen (secondary N) is 1. The number of nitrogens with zero attached hydrogens (tertiary/aromatic N) is 2. The Balaban J connectivity index is 1.52. The van der Waals surface area contributed by atoms with Crippen molar-refractivity contribution in [1.82, 2.24) is 14.5 Å². The molecule has 2 fully saturated rings. The number of carbonyl (C=O) groups excluding carboxylic acids is 1. The first-order valence-corrected chi connectivity index (χ1v) is 11.8. The number of benzene rings is 1. The van der Waals surface area contributed by atoms with Crippen LogP contribution in [0, 0.1) is 5.92 Å². The van der Waals surface area contributed by atoms with E-state index in [1.807, 2.05) is 12.1 Å². The van der Waals surface area contributed by atoms with E-state index in [1.54, 1.807) is 0 Å². The Labute approximate surface area is 163 Å². The lowest BCUT2D eigenvalue weighted by atomic mass is 9.98. The minimum absolute atomic E-state index is 0.0511. The molecule has 0 aliphatic carbocycles. The van der Waals surface area contributed by atoms with Crippen molar-refractivity contribution in [2.75, 3.05) is 32.4 Å². The molecule has 1 atom stereocenters. The molecule has 150 valence electrons. The summed E-state index contributed by atoms with van der Waals surface area (Å²) < 4.78 is 24.9. The van der Waals surface area contributed by atoms with Crippen molar-refractivity contribution >= 4 is 15.9 Å². The summed E-state index contributed by atoms with van der Waals surface area (Å²) in [4.78, 5) is 15.0. The van der Waals surface area contributed by atoms with Gasteiger partial charge in [0.2, 0.25) is 15.9 Å². The van der Waals surface area contributed by atoms with E-state index in [0.29, 0.717) is 19.6 Å². The van der Waals surface area contributed by atoms with Gasteiger partial charge in [-0.2, -0.15) is 0 Å². The third kappa shape index (κ3) is 6.02. The van der Waals surface area contributed by atoms with Crippen LogP contribution in [0.3, 0.4) is 0 Å². The molecule has 0 saturated carbocycles. The Kier molecular flexibility index (Phi) is 6.89. The van der Waals surface area contributed by atoms with Crippen molar-refractivity contribution in [3.63, 3.8) is 0 Å². The van der Waals surface area contributed by atoms with Crippen LogP contribution in [-0.2, 0) is 27.9 Å². The van der Waals surface area contributed by atoms with Crippen molar-refractivity contribution in [3.05, 3.63) is 35.4 Å². The Morgan fingerprint density at radius 2 is 1.85 bits per heavy atom. The van der Waals surface area contributed by atoms with Gasteiger partial charge in [0.15, 0.2) is 0 Å². The maximum absolute atomic E-state index is 12.5. The Bertz CT molecular complexity index is 745. The molecule has 7 heteroatoms. The average Bonchev–Trinajstić information content (AvgIpc) is 2.67. The second-order valence-electron chi connectivity index (χ2n) is 7.83. The van der Waals surface area contributed by atoms with Crippen molar-refractivity contribution in [1.29, 1.82) is 0 Å². The van der Waals surface area contributed by atoms with Gasteiger partial charge in [0.25, 0.3) is 0 Å². The van der Waals surface area contributed by atoms with E-state index in [2.05, 4.69) is 22.3 Å². The minimum atomic E-state index is -3.23.